The summed E-state index contributed by atoms with van der Waals surface area (Å²) in [6.07, 6.45) is 0. The van der Waals surface area contributed by atoms with Crippen LogP contribution in [0.25, 0.3) is 11.0 Å². The van der Waals surface area contributed by atoms with Crippen LogP contribution in [-0.2, 0) is 11.8 Å². The number of benzene rings is 1. The molecule has 0 atom stereocenters. The summed E-state index contributed by atoms with van der Waals surface area (Å²) >= 11 is 0. The molecule has 2 aromatic rings. The van der Waals surface area contributed by atoms with Crippen LogP contribution in [-0.4, -0.2) is 32.1 Å². The van der Waals surface area contributed by atoms with Gasteiger partial charge in [0, 0.05) is 12.6 Å². The average Bonchev–Trinajstić information content (AvgIpc) is 2.64. The molecule has 2 rings (SSSR count). The van der Waals surface area contributed by atoms with E-state index in [0.717, 1.165) is 0 Å². The van der Waals surface area contributed by atoms with E-state index >= 15 is 0 Å². The number of fused-ring (bicyclic) bond motifs is 1. The third-order valence-corrected chi connectivity index (χ3v) is 3.13. The maximum Gasteiger partial charge on any atom is 0.328 e. The number of hydrogen-bond acceptors (Lipinski definition) is 3. The lowest BCUT2D eigenvalue weighted by molar-refractivity contribution is -0.143. The molecule has 1 heterocycles. The molecule has 0 saturated heterocycles. The molecule has 20 heavy (non-hydrogen) atoms. The number of aliphatic carboxylic acids is 1. The van der Waals surface area contributed by atoms with E-state index in [2.05, 4.69) is 10.3 Å². The van der Waals surface area contributed by atoms with Gasteiger partial charge in [-0.15, -0.1) is 0 Å². The number of aryl methyl sites for hydroxylation is 1. The van der Waals surface area contributed by atoms with Crippen molar-refractivity contribution in [1.29, 1.82) is 0 Å². The molecule has 106 valence electrons. The molecule has 7 heteroatoms. The first-order valence-electron chi connectivity index (χ1n) is 5.97. The second-order valence-electron chi connectivity index (χ2n) is 5.11. The van der Waals surface area contributed by atoms with Crippen LogP contribution >= 0.6 is 0 Å². The first kappa shape index (κ1) is 13.9. The summed E-state index contributed by atoms with van der Waals surface area (Å²) in [6.45, 7) is 2.80. The number of hydrogen-bond donors (Lipinski definition) is 3. The van der Waals surface area contributed by atoms with Crippen molar-refractivity contribution in [3.63, 3.8) is 0 Å². The predicted molar refractivity (Wildman–Crippen MR) is 72.7 cm³/mol. The number of carboxylic acid groups (broad SMARTS) is 1. The van der Waals surface area contributed by atoms with Gasteiger partial charge in [0.05, 0.1) is 11.0 Å². The molecule has 7 nitrogen and oxygen atoms in total. The number of nitrogens with zero attached hydrogens (tertiary/aromatic N) is 1. The van der Waals surface area contributed by atoms with Gasteiger partial charge in [0.15, 0.2) is 0 Å². The third kappa shape index (κ3) is 2.29. The fraction of sp³-hybridized carbons (Fsp3) is 0.308. The van der Waals surface area contributed by atoms with Crippen molar-refractivity contribution in [3.05, 3.63) is 34.2 Å². The van der Waals surface area contributed by atoms with Gasteiger partial charge in [-0.3, -0.25) is 9.36 Å². The van der Waals surface area contributed by atoms with Crippen molar-refractivity contribution in [3.8, 4) is 0 Å². The molecular formula is C13H15N3O4. The summed E-state index contributed by atoms with van der Waals surface area (Å²) in [7, 11) is 1.59. The van der Waals surface area contributed by atoms with E-state index in [9.17, 15) is 14.4 Å². The van der Waals surface area contributed by atoms with Crippen LogP contribution < -0.4 is 11.0 Å². The average molecular weight is 277 g/mol. The molecule has 0 radical (unpaired) electrons. The van der Waals surface area contributed by atoms with Gasteiger partial charge in [-0.25, -0.2) is 9.59 Å². The first-order valence-corrected chi connectivity index (χ1v) is 5.97. The summed E-state index contributed by atoms with van der Waals surface area (Å²) < 4.78 is 1.38. The van der Waals surface area contributed by atoms with Crippen molar-refractivity contribution in [2.75, 3.05) is 0 Å². The molecule has 0 aliphatic heterocycles. The Balaban J connectivity index is 2.38. The minimum atomic E-state index is -1.37. The van der Waals surface area contributed by atoms with E-state index in [1.807, 2.05) is 0 Å². The summed E-state index contributed by atoms with van der Waals surface area (Å²) in [4.78, 5) is 37.2. The molecule has 1 aromatic carbocycles. The summed E-state index contributed by atoms with van der Waals surface area (Å²) in [5.41, 5.74) is -0.150. The predicted octanol–water partition coefficient (Wildman–Crippen LogP) is 0.460. The number of aromatic amines is 1. The second kappa shape index (κ2) is 4.52. The highest BCUT2D eigenvalue weighted by Gasteiger charge is 2.29. The SMILES string of the molecule is Cn1c(=O)[nH]c2ccc(C(=O)NC(C)(C)C(=O)O)cc21. The monoisotopic (exact) mass is 277 g/mol. The van der Waals surface area contributed by atoms with Gasteiger partial charge < -0.3 is 15.4 Å². The molecule has 0 fully saturated rings. The molecular weight excluding hydrogens is 262 g/mol. The molecule has 3 N–H and O–H groups in total. The van der Waals surface area contributed by atoms with E-state index in [4.69, 9.17) is 5.11 Å². The number of nitrogens with one attached hydrogen (secondary N) is 2. The van der Waals surface area contributed by atoms with E-state index in [0.29, 0.717) is 16.6 Å². The third-order valence-electron chi connectivity index (χ3n) is 3.13. The van der Waals surface area contributed by atoms with Crippen LogP contribution in [0.5, 0.6) is 0 Å². The van der Waals surface area contributed by atoms with Gasteiger partial charge in [-0.2, -0.15) is 0 Å². The van der Waals surface area contributed by atoms with Crippen molar-refractivity contribution < 1.29 is 14.7 Å². The number of rotatable bonds is 3. The van der Waals surface area contributed by atoms with E-state index < -0.39 is 17.4 Å². The zero-order valence-electron chi connectivity index (χ0n) is 11.4. The van der Waals surface area contributed by atoms with Gasteiger partial charge in [-0.1, -0.05) is 0 Å². The molecule has 1 amide bonds. The Morgan fingerprint density at radius 1 is 1.35 bits per heavy atom. The van der Waals surface area contributed by atoms with Crippen LogP contribution in [0.15, 0.2) is 23.0 Å². The Hall–Kier alpha value is -2.57. The van der Waals surface area contributed by atoms with Crippen molar-refractivity contribution in [2.45, 2.75) is 19.4 Å². The van der Waals surface area contributed by atoms with Crippen LogP contribution in [0.4, 0.5) is 0 Å². The maximum absolute atomic E-state index is 12.1. The minimum absolute atomic E-state index is 0.275. The Morgan fingerprint density at radius 3 is 2.60 bits per heavy atom. The number of aromatic nitrogens is 2. The fourth-order valence-electron chi connectivity index (χ4n) is 1.77. The number of carbonyl (C=O) groups is 2. The minimum Gasteiger partial charge on any atom is -0.480 e. The number of carbonyl (C=O) groups excluding carboxylic acids is 1. The standard InChI is InChI=1S/C13H15N3O4/c1-13(2,11(18)19)15-10(17)7-4-5-8-9(6-7)16(3)12(20)14-8/h4-6H,1-3H3,(H,14,20)(H,15,17)(H,18,19). The Morgan fingerprint density at radius 2 is 2.00 bits per heavy atom. The molecule has 0 aliphatic rings. The van der Waals surface area contributed by atoms with E-state index in [1.165, 1.54) is 24.5 Å². The zero-order chi connectivity index (χ0) is 15.1. The Bertz CT molecular complexity index is 755. The van der Waals surface area contributed by atoms with Crippen LogP contribution in [0.1, 0.15) is 24.2 Å². The number of imidazole rings is 1. The van der Waals surface area contributed by atoms with Crippen LogP contribution in [0.2, 0.25) is 0 Å². The van der Waals surface area contributed by atoms with E-state index in [-0.39, 0.29) is 5.69 Å². The second-order valence-corrected chi connectivity index (χ2v) is 5.11. The number of H-pyrrole nitrogens is 1. The topological polar surface area (TPSA) is 104 Å². The van der Waals surface area contributed by atoms with Crippen LogP contribution in [0, 0.1) is 0 Å². The zero-order valence-corrected chi connectivity index (χ0v) is 11.4. The van der Waals surface area contributed by atoms with Gasteiger partial charge in [0.25, 0.3) is 5.91 Å². The number of amides is 1. The highest BCUT2D eigenvalue weighted by atomic mass is 16.4. The van der Waals surface area contributed by atoms with Crippen LogP contribution in [0.3, 0.4) is 0 Å². The lowest BCUT2D eigenvalue weighted by Gasteiger charge is -2.20. The molecule has 0 aliphatic carbocycles. The van der Waals surface area contributed by atoms with Crippen molar-refractivity contribution in [1.82, 2.24) is 14.9 Å². The molecule has 0 bridgehead atoms. The van der Waals surface area contributed by atoms with E-state index in [1.54, 1.807) is 19.2 Å². The smallest absolute Gasteiger partial charge is 0.328 e. The molecule has 0 saturated carbocycles. The molecule has 0 spiro atoms. The largest absolute Gasteiger partial charge is 0.480 e. The quantitative estimate of drug-likeness (QED) is 0.758. The van der Waals surface area contributed by atoms with Gasteiger partial charge >= 0.3 is 11.7 Å². The Kier molecular flexibility index (Phi) is 3.13. The molecule has 1 aromatic heterocycles. The normalized spacial score (nSPS) is 11.6. The first-order chi connectivity index (χ1) is 9.22. The molecule has 0 unspecified atom stereocenters. The maximum atomic E-state index is 12.1. The summed E-state index contributed by atoms with van der Waals surface area (Å²) in [5, 5.41) is 11.4. The van der Waals surface area contributed by atoms with Gasteiger partial charge in [0.2, 0.25) is 0 Å². The van der Waals surface area contributed by atoms with Gasteiger partial charge in [-0.05, 0) is 32.0 Å². The van der Waals surface area contributed by atoms with Crippen molar-refractivity contribution in [2.24, 2.45) is 7.05 Å². The number of carboxylic acids is 1. The van der Waals surface area contributed by atoms with Crippen molar-refractivity contribution >= 4 is 22.9 Å². The lowest BCUT2D eigenvalue weighted by Crippen LogP contribution is -2.49. The summed E-state index contributed by atoms with van der Waals surface area (Å²) in [6, 6.07) is 4.69. The Labute approximate surface area is 114 Å². The lowest BCUT2D eigenvalue weighted by atomic mass is 10.1. The highest BCUT2D eigenvalue weighted by molar-refractivity contribution is 5.99. The fourth-order valence-corrected chi connectivity index (χ4v) is 1.77. The summed E-state index contributed by atoms with van der Waals surface area (Å²) in [5.74, 6) is -1.63. The van der Waals surface area contributed by atoms with Gasteiger partial charge in [0.1, 0.15) is 5.54 Å². The highest BCUT2D eigenvalue weighted by Crippen LogP contribution is 2.13.